The van der Waals surface area contributed by atoms with Crippen LogP contribution in [0.15, 0.2) is 0 Å². The molecule has 4 rings (SSSR count). The summed E-state index contributed by atoms with van der Waals surface area (Å²) in [5, 5.41) is 0. The van der Waals surface area contributed by atoms with E-state index in [1.54, 1.807) is 0 Å². The van der Waals surface area contributed by atoms with Crippen molar-refractivity contribution in [3.8, 4) is 0 Å². The highest BCUT2D eigenvalue weighted by atomic mass is 16.6. The van der Waals surface area contributed by atoms with Gasteiger partial charge in [-0.15, -0.1) is 0 Å². The minimum atomic E-state index is -0.0499. The minimum absolute atomic E-state index is 0.0499. The second kappa shape index (κ2) is 7.73. The zero-order valence-corrected chi connectivity index (χ0v) is 21.1. The molecule has 4 fully saturated rings. The summed E-state index contributed by atoms with van der Waals surface area (Å²) >= 11 is 0. The molecule has 1 aliphatic heterocycles. The second-order valence-corrected chi connectivity index (χ2v) is 13.4. The van der Waals surface area contributed by atoms with Gasteiger partial charge in [-0.05, 0) is 107 Å². The van der Waals surface area contributed by atoms with E-state index in [0.29, 0.717) is 34.9 Å². The van der Waals surface area contributed by atoms with E-state index in [0.717, 1.165) is 31.5 Å². The first-order valence-electron chi connectivity index (χ1n) is 12.8. The summed E-state index contributed by atoms with van der Waals surface area (Å²) in [6.07, 6.45) is 9.69. The molecule has 3 nitrogen and oxygen atoms in total. The predicted octanol–water partition coefficient (Wildman–Crippen LogP) is 6.63. The van der Waals surface area contributed by atoms with Crippen molar-refractivity contribution in [3.05, 3.63) is 0 Å². The summed E-state index contributed by atoms with van der Waals surface area (Å²) in [6.45, 7) is 20.5. The van der Waals surface area contributed by atoms with Crippen LogP contribution in [0.2, 0.25) is 0 Å². The largest absolute Gasteiger partial charge is 0.377 e. The maximum absolute atomic E-state index is 6.58. The Hall–Kier alpha value is -0.120. The Bertz CT molecular complexity index is 624. The molecule has 0 spiro atoms. The van der Waals surface area contributed by atoms with Gasteiger partial charge < -0.3 is 14.2 Å². The van der Waals surface area contributed by atoms with Crippen LogP contribution in [0, 0.1) is 34.5 Å². The molecule has 4 aliphatic rings. The van der Waals surface area contributed by atoms with Crippen molar-refractivity contribution in [2.24, 2.45) is 34.5 Å². The van der Waals surface area contributed by atoms with Crippen molar-refractivity contribution in [3.63, 3.8) is 0 Å². The molecule has 0 amide bonds. The Morgan fingerprint density at radius 2 is 1.70 bits per heavy atom. The Kier molecular flexibility index (Phi) is 5.94. The summed E-state index contributed by atoms with van der Waals surface area (Å²) < 4.78 is 18.8. The first-order chi connectivity index (χ1) is 13.8. The highest BCUT2D eigenvalue weighted by Crippen LogP contribution is 2.65. The first kappa shape index (κ1) is 23.1. The van der Waals surface area contributed by atoms with Crippen molar-refractivity contribution >= 4 is 0 Å². The molecule has 3 aliphatic carbocycles. The van der Waals surface area contributed by atoms with E-state index in [2.05, 4.69) is 55.4 Å². The van der Waals surface area contributed by atoms with Crippen LogP contribution in [0.3, 0.4) is 0 Å². The molecule has 3 heteroatoms. The van der Waals surface area contributed by atoms with Crippen LogP contribution in [0.4, 0.5) is 0 Å². The van der Waals surface area contributed by atoms with Gasteiger partial charge in [0.05, 0.1) is 30.0 Å². The number of hydrogen-bond acceptors (Lipinski definition) is 3. The maximum Gasteiger partial charge on any atom is 0.0892 e. The maximum atomic E-state index is 6.58. The van der Waals surface area contributed by atoms with Gasteiger partial charge in [0.25, 0.3) is 0 Å². The SMILES string of the molecule is CC(CCOC(C)(C)C1CC2CC2(C)C(OCC2CC2(C)C)C1)CCC1OC1(C)C. The monoisotopic (exact) mass is 420 g/mol. The van der Waals surface area contributed by atoms with Gasteiger partial charge in [0.15, 0.2) is 0 Å². The van der Waals surface area contributed by atoms with Gasteiger partial charge in [0, 0.05) is 6.61 Å². The quantitative estimate of drug-likeness (QED) is 0.351. The van der Waals surface area contributed by atoms with Gasteiger partial charge in [0.2, 0.25) is 0 Å². The van der Waals surface area contributed by atoms with Gasteiger partial charge in [-0.25, -0.2) is 0 Å². The zero-order chi connectivity index (χ0) is 21.9. The lowest BCUT2D eigenvalue weighted by Crippen LogP contribution is -2.43. The smallest absolute Gasteiger partial charge is 0.0892 e. The number of rotatable bonds is 11. The Labute approximate surface area is 186 Å². The van der Waals surface area contributed by atoms with E-state index >= 15 is 0 Å². The van der Waals surface area contributed by atoms with E-state index in [4.69, 9.17) is 14.2 Å². The molecule has 3 saturated carbocycles. The van der Waals surface area contributed by atoms with Gasteiger partial charge in [0.1, 0.15) is 0 Å². The van der Waals surface area contributed by atoms with Crippen LogP contribution in [0.5, 0.6) is 0 Å². The fourth-order valence-corrected chi connectivity index (χ4v) is 6.07. The molecule has 0 aromatic rings. The molecule has 7 unspecified atom stereocenters. The lowest BCUT2D eigenvalue weighted by molar-refractivity contribution is -0.111. The molecule has 0 N–H and O–H groups in total. The van der Waals surface area contributed by atoms with Crippen LogP contribution < -0.4 is 0 Å². The zero-order valence-electron chi connectivity index (χ0n) is 21.1. The van der Waals surface area contributed by atoms with E-state index in [-0.39, 0.29) is 11.2 Å². The topological polar surface area (TPSA) is 31.0 Å². The molecule has 7 atom stereocenters. The van der Waals surface area contributed by atoms with Crippen LogP contribution >= 0.6 is 0 Å². The van der Waals surface area contributed by atoms with E-state index in [1.807, 2.05) is 0 Å². The Morgan fingerprint density at radius 3 is 2.30 bits per heavy atom. The summed E-state index contributed by atoms with van der Waals surface area (Å²) in [6, 6.07) is 0. The van der Waals surface area contributed by atoms with E-state index in [9.17, 15) is 0 Å². The van der Waals surface area contributed by atoms with Crippen LogP contribution in [0.1, 0.15) is 100 Å². The highest BCUT2D eigenvalue weighted by Gasteiger charge is 2.61. The fourth-order valence-electron chi connectivity index (χ4n) is 6.07. The lowest BCUT2D eigenvalue weighted by atomic mass is 9.73. The van der Waals surface area contributed by atoms with E-state index in [1.165, 1.54) is 38.5 Å². The van der Waals surface area contributed by atoms with Gasteiger partial charge in [-0.1, -0.05) is 27.7 Å². The molecular weight excluding hydrogens is 372 g/mol. The molecular formula is C27H48O3. The molecule has 174 valence electrons. The second-order valence-electron chi connectivity index (χ2n) is 13.4. The van der Waals surface area contributed by atoms with E-state index < -0.39 is 0 Å². The highest BCUT2D eigenvalue weighted by molar-refractivity contribution is 5.10. The molecule has 0 bridgehead atoms. The predicted molar refractivity (Wildman–Crippen MR) is 123 cm³/mol. The van der Waals surface area contributed by atoms with Crippen molar-refractivity contribution in [2.45, 2.75) is 124 Å². The van der Waals surface area contributed by atoms with Gasteiger partial charge in [-0.2, -0.15) is 0 Å². The van der Waals surface area contributed by atoms with Crippen LogP contribution in [0.25, 0.3) is 0 Å². The third-order valence-corrected chi connectivity index (χ3v) is 9.63. The third kappa shape index (κ3) is 4.94. The average Bonchev–Trinajstić information content (AvgIpc) is 3.55. The molecule has 0 aromatic heterocycles. The van der Waals surface area contributed by atoms with Crippen molar-refractivity contribution in [1.82, 2.24) is 0 Å². The number of hydrogen-bond donors (Lipinski definition) is 0. The molecule has 1 saturated heterocycles. The summed E-state index contributed by atoms with van der Waals surface area (Å²) in [4.78, 5) is 0. The van der Waals surface area contributed by atoms with Gasteiger partial charge >= 0.3 is 0 Å². The average molecular weight is 421 g/mol. The molecule has 0 radical (unpaired) electrons. The van der Waals surface area contributed by atoms with Crippen LogP contribution in [-0.2, 0) is 14.2 Å². The molecule has 0 aromatic carbocycles. The molecule has 1 heterocycles. The fraction of sp³-hybridized carbons (Fsp3) is 1.00. The van der Waals surface area contributed by atoms with Crippen molar-refractivity contribution in [1.29, 1.82) is 0 Å². The first-order valence-corrected chi connectivity index (χ1v) is 12.8. The summed E-state index contributed by atoms with van der Waals surface area (Å²) in [7, 11) is 0. The lowest BCUT2D eigenvalue weighted by Gasteiger charge is -2.42. The minimum Gasteiger partial charge on any atom is -0.377 e. The van der Waals surface area contributed by atoms with Crippen LogP contribution in [-0.4, -0.2) is 36.6 Å². The summed E-state index contributed by atoms with van der Waals surface area (Å²) in [5.41, 5.74) is 1.03. The normalized spacial score (nSPS) is 41.8. The molecule has 30 heavy (non-hydrogen) atoms. The summed E-state index contributed by atoms with van der Waals surface area (Å²) in [5.74, 6) is 2.94. The number of epoxide rings is 1. The Balaban J connectivity index is 1.20. The number of fused-ring (bicyclic) bond motifs is 1. The van der Waals surface area contributed by atoms with Crippen molar-refractivity contribution in [2.75, 3.05) is 13.2 Å². The van der Waals surface area contributed by atoms with Gasteiger partial charge in [-0.3, -0.25) is 0 Å². The standard InChI is InChI=1S/C27H48O3/c1-18(9-10-22-26(6,7)30-22)11-12-29-25(4,5)19-13-20-16-27(20,8)23(14-19)28-17-21-15-24(21,2)3/h18-23H,9-17H2,1-8H3. The number of ether oxygens (including phenoxy) is 3. The van der Waals surface area contributed by atoms with Crippen molar-refractivity contribution < 1.29 is 14.2 Å². The Morgan fingerprint density at radius 1 is 1.03 bits per heavy atom. The third-order valence-electron chi connectivity index (χ3n) is 9.63.